The second-order valence-electron chi connectivity index (χ2n) is 7.08. The van der Waals surface area contributed by atoms with Crippen LogP contribution in [0.5, 0.6) is 0 Å². The van der Waals surface area contributed by atoms with Gasteiger partial charge < -0.3 is 4.90 Å². The Morgan fingerprint density at radius 3 is 2.45 bits per heavy atom. The minimum absolute atomic E-state index is 0.141. The third-order valence-corrected chi connectivity index (χ3v) is 4.33. The van der Waals surface area contributed by atoms with E-state index in [1.165, 1.54) is 11.3 Å². The van der Waals surface area contributed by atoms with Crippen LogP contribution in [0, 0.1) is 11.3 Å². The molecule has 0 spiro atoms. The molecule has 4 heteroatoms. The summed E-state index contributed by atoms with van der Waals surface area (Å²) in [6.45, 7) is 8.44. The Balaban J connectivity index is 2.04. The lowest BCUT2D eigenvalue weighted by molar-refractivity contribution is 0.310. The normalized spacial score (nSPS) is 15.4. The van der Waals surface area contributed by atoms with E-state index in [0.29, 0.717) is 5.69 Å². The van der Waals surface area contributed by atoms with Gasteiger partial charge in [-0.2, -0.15) is 10.4 Å². The first kappa shape index (κ1) is 14.8. The number of hydrogen-bond acceptors (Lipinski definition) is 3. The quantitative estimate of drug-likeness (QED) is 0.812. The van der Waals surface area contributed by atoms with Crippen LogP contribution in [0.3, 0.4) is 0 Å². The molecule has 2 aromatic rings. The molecule has 2 heterocycles. The van der Waals surface area contributed by atoms with Gasteiger partial charge in [-0.25, -0.2) is 4.68 Å². The number of fused-ring (bicyclic) bond motifs is 1. The number of likely N-dealkylation sites (N-methyl/N-ethyl adjacent to an activating group) is 1. The van der Waals surface area contributed by atoms with Crippen molar-refractivity contribution in [1.29, 1.82) is 5.26 Å². The van der Waals surface area contributed by atoms with Crippen molar-refractivity contribution in [3.05, 3.63) is 46.8 Å². The highest BCUT2D eigenvalue weighted by atomic mass is 15.3. The maximum atomic E-state index is 9.35. The fourth-order valence-electron chi connectivity index (χ4n) is 2.96. The fourth-order valence-corrected chi connectivity index (χ4v) is 2.96. The minimum Gasteiger partial charge on any atom is -0.302 e. The molecule has 0 radical (unpaired) electrons. The number of aromatic nitrogens is 2. The zero-order valence-corrected chi connectivity index (χ0v) is 13.7. The molecule has 0 aliphatic carbocycles. The van der Waals surface area contributed by atoms with Crippen molar-refractivity contribution in [2.24, 2.45) is 0 Å². The Labute approximate surface area is 132 Å². The number of benzene rings is 1. The minimum atomic E-state index is 0.141. The lowest BCUT2D eigenvalue weighted by atomic mass is 9.87. The van der Waals surface area contributed by atoms with Crippen LogP contribution in [0.1, 0.15) is 43.3 Å². The zero-order valence-electron chi connectivity index (χ0n) is 13.7. The van der Waals surface area contributed by atoms with E-state index in [-0.39, 0.29) is 5.41 Å². The van der Waals surface area contributed by atoms with E-state index in [0.717, 1.165) is 30.8 Å². The van der Waals surface area contributed by atoms with Gasteiger partial charge in [0.1, 0.15) is 6.07 Å². The van der Waals surface area contributed by atoms with E-state index in [1.807, 2.05) is 4.68 Å². The molecule has 0 saturated heterocycles. The molecule has 0 amide bonds. The molecular formula is C18H22N4. The van der Waals surface area contributed by atoms with E-state index >= 15 is 0 Å². The Morgan fingerprint density at radius 1 is 1.18 bits per heavy atom. The number of nitrogens with zero attached hydrogens (tertiary/aromatic N) is 4. The average molecular weight is 294 g/mol. The van der Waals surface area contributed by atoms with Gasteiger partial charge in [0, 0.05) is 25.1 Å². The van der Waals surface area contributed by atoms with Gasteiger partial charge in [0.15, 0.2) is 5.69 Å². The molecule has 0 saturated carbocycles. The summed E-state index contributed by atoms with van der Waals surface area (Å²) in [5.41, 5.74) is 5.30. The summed E-state index contributed by atoms with van der Waals surface area (Å²) in [6.07, 6.45) is 0.932. The van der Waals surface area contributed by atoms with E-state index in [1.54, 1.807) is 0 Å². The summed E-state index contributed by atoms with van der Waals surface area (Å²) in [5.74, 6) is 0. The molecule has 0 atom stereocenters. The van der Waals surface area contributed by atoms with Gasteiger partial charge in [-0.15, -0.1) is 0 Å². The molecule has 3 rings (SSSR count). The predicted molar refractivity (Wildman–Crippen MR) is 87.0 cm³/mol. The van der Waals surface area contributed by atoms with Crippen molar-refractivity contribution >= 4 is 0 Å². The lowest BCUT2D eigenvalue weighted by Gasteiger charge is -2.23. The van der Waals surface area contributed by atoms with Crippen LogP contribution in [0.2, 0.25) is 0 Å². The summed E-state index contributed by atoms with van der Waals surface area (Å²) >= 11 is 0. The van der Waals surface area contributed by atoms with Gasteiger partial charge in [-0.3, -0.25) is 0 Å². The zero-order chi connectivity index (χ0) is 15.9. The highest BCUT2D eigenvalue weighted by molar-refractivity contribution is 5.44. The van der Waals surface area contributed by atoms with E-state index < -0.39 is 0 Å². The molecule has 4 nitrogen and oxygen atoms in total. The Hall–Kier alpha value is -2.12. The second kappa shape index (κ2) is 5.26. The Kier molecular flexibility index (Phi) is 3.54. The summed E-state index contributed by atoms with van der Waals surface area (Å²) in [4.78, 5) is 2.23. The van der Waals surface area contributed by atoms with Crippen molar-refractivity contribution in [1.82, 2.24) is 14.7 Å². The van der Waals surface area contributed by atoms with Crippen molar-refractivity contribution in [2.75, 3.05) is 13.6 Å². The van der Waals surface area contributed by atoms with Crippen LogP contribution < -0.4 is 0 Å². The lowest BCUT2D eigenvalue weighted by Crippen LogP contribution is -2.27. The number of hydrogen-bond donors (Lipinski definition) is 0. The number of nitriles is 1. The average Bonchev–Trinajstić information content (AvgIpc) is 2.84. The Bertz CT molecular complexity index is 726. The predicted octanol–water partition coefficient (Wildman–Crippen LogP) is 3.03. The van der Waals surface area contributed by atoms with E-state index in [9.17, 15) is 5.26 Å². The maximum absolute atomic E-state index is 9.35. The van der Waals surface area contributed by atoms with Crippen molar-refractivity contribution in [3.8, 4) is 11.8 Å². The van der Waals surface area contributed by atoms with Crippen LogP contribution in [-0.2, 0) is 18.4 Å². The van der Waals surface area contributed by atoms with Gasteiger partial charge in [-0.1, -0.05) is 32.9 Å². The highest BCUT2D eigenvalue weighted by Gasteiger charge is 2.24. The van der Waals surface area contributed by atoms with Crippen molar-refractivity contribution < 1.29 is 0 Å². The largest absolute Gasteiger partial charge is 0.302 e. The van der Waals surface area contributed by atoms with Crippen LogP contribution in [0.4, 0.5) is 0 Å². The van der Waals surface area contributed by atoms with Crippen LogP contribution in [-0.4, -0.2) is 28.3 Å². The molecule has 114 valence electrons. The smallest absolute Gasteiger partial charge is 0.167 e. The van der Waals surface area contributed by atoms with Gasteiger partial charge in [0.05, 0.1) is 11.4 Å². The van der Waals surface area contributed by atoms with Crippen molar-refractivity contribution in [2.45, 2.75) is 39.2 Å². The van der Waals surface area contributed by atoms with Gasteiger partial charge >= 0.3 is 0 Å². The third kappa shape index (κ3) is 2.53. The second-order valence-corrected chi connectivity index (χ2v) is 7.08. The monoisotopic (exact) mass is 294 g/mol. The van der Waals surface area contributed by atoms with Crippen LogP contribution in [0.25, 0.3) is 5.69 Å². The topological polar surface area (TPSA) is 44.9 Å². The number of rotatable bonds is 1. The van der Waals surface area contributed by atoms with Crippen molar-refractivity contribution in [3.63, 3.8) is 0 Å². The molecule has 22 heavy (non-hydrogen) atoms. The standard InChI is InChI=1S/C18H22N4/c1-18(2,3)13-5-7-14(8-6-13)22-17-9-10-21(4)12-15(17)16(11-19)20-22/h5-8H,9-10,12H2,1-4H3. The first-order chi connectivity index (χ1) is 10.4. The van der Waals surface area contributed by atoms with Gasteiger partial charge in [0.2, 0.25) is 0 Å². The summed E-state index contributed by atoms with van der Waals surface area (Å²) in [6, 6.07) is 10.8. The molecular weight excluding hydrogens is 272 g/mol. The highest BCUT2D eigenvalue weighted by Crippen LogP contribution is 2.27. The molecule has 1 aliphatic heterocycles. The Morgan fingerprint density at radius 2 is 1.86 bits per heavy atom. The molecule has 0 unspecified atom stereocenters. The maximum Gasteiger partial charge on any atom is 0.167 e. The van der Waals surface area contributed by atoms with Crippen LogP contribution >= 0.6 is 0 Å². The summed E-state index contributed by atoms with van der Waals surface area (Å²) < 4.78 is 1.95. The molecule has 1 aromatic heterocycles. The SMILES string of the molecule is CN1CCc2c(c(C#N)nn2-c2ccc(C(C)(C)C)cc2)C1. The fraction of sp³-hybridized carbons (Fsp3) is 0.444. The van der Waals surface area contributed by atoms with Gasteiger partial charge in [0.25, 0.3) is 0 Å². The summed E-state index contributed by atoms with van der Waals surface area (Å²) in [7, 11) is 2.08. The molecule has 1 aliphatic rings. The first-order valence-corrected chi connectivity index (χ1v) is 7.70. The van der Waals surface area contributed by atoms with Gasteiger partial charge in [-0.05, 0) is 30.2 Å². The molecule has 0 N–H and O–H groups in total. The third-order valence-electron chi connectivity index (χ3n) is 4.33. The molecule has 1 aromatic carbocycles. The first-order valence-electron chi connectivity index (χ1n) is 7.70. The van der Waals surface area contributed by atoms with E-state index in [2.05, 4.69) is 68.2 Å². The molecule has 0 bridgehead atoms. The van der Waals surface area contributed by atoms with E-state index in [4.69, 9.17) is 0 Å². The van der Waals surface area contributed by atoms with Crippen LogP contribution in [0.15, 0.2) is 24.3 Å². The molecule has 0 fully saturated rings. The summed E-state index contributed by atoms with van der Waals surface area (Å²) in [5, 5.41) is 13.9.